The van der Waals surface area contributed by atoms with E-state index in [0.717, 1.165) is 22.7 Å². The van der Waals surface area contributed by atoms with Gasteiger partial charge in [-0.3, -0.25) is 19.7 Å². The lowest BCUT2D eigenvalue weighted by molar-refractivity contribution is -0.384. The average Bonchev–Trinajstić information content (AvgIpc) is 3.48. The Morgan fingerprint density at radius 3 is 2.63 bits per heavy atom. The number of esters is 1. The number of benzene rings is 1. The molecule has 0 saturated carbocycles. The minimum Gasteiger partial charge on any atom is -0.465 e. The summed E-state index contributed by atoms with van der Waals surface area (Å²) < 4.78 is 34.2. The second-order valence-corrected chi connectivity index (χ2v) is 11.9. The Hall–Kier alpha value is -2.94. The molecule has 2 aromatic heterocycles. The van der Waals surface area contributed by atoms with E-state index in [2.05, 4.69) is 4.99 Å². The molecular formula is C21H22N4O7S3. The van der Waals surface area contributed by atoms with Gasteiger partial charge in [0.1, 0.15) is 10.8 Å². The summed E-state index contributed by atoms with van der Waals surface area (Å²) in [7, 11) is -3.58. The number of aromatic nitrogens is 1. The van der Waals surface area contributed by atoms with Crippen molar-refractivity contribution in [2.75, 3.05) is 19.7 Å². The van der Waals surface area contributed by atoms with E-state index in [1.807, 2.05) is 0 Å². The number of rotatable bonds is 7. The molecule has 0 N–H and O–H groups in total. The van der Waals surface area contributed by atoms with E-state index >= 15 is 0 Å². The van der Waals surface area contributed by atoms with Crippen LogP contribution in [0.3, 0.4) is 0 Å². The van der Waals surface area contributed by atoms with Crippen molar-refractivity contribution in [1.82, 2.24) is 8.87 Å². The second-order valence-electron chi connectivity index (χ2n) is 7.75. The maximum Gasteiger partial charge on any atom is 0.326 e. The van der Waals surface area contributed by atoms with E-state index in [-0.39, 0.29) is 40.9 Å². The summed E-state index contributed by atoms with van der Waals surface area (Å²) in [6, 6.07) is 7.47. The molecule has 1 saturated heterocycles. The number of thiazole rings is 1. The maximum absolute atomic E-state index is 13.0. The summed E-state index contributed by atoms with van der Waals surface area (Å²) in [5, 5.41) is 12.9. The molecule has 0 bridgehead atoms. The van der Waals surface area contributed by atoms with Crippen molar-refractivity contribution in [1.29, 1.82) is 0 Å². The van der Waals surface area contributed by atoms with Crippen LogP contribution in [-0.4, -0.2) is 53.8 Å². The number of carbonyl (C=O) groups excluding carboxylic acids is 2. The van der Waals surface area contributed by atoms with Gasteiger partial charge in [0.15, 0.2) is 4.80 Å². The van der Waals surface area contributed by atoms with Crippen LogP contribution in [0, 0.1) is 16.0 Å². The molecule has 11 nitrogen and oxygen atoms in total. The molecule has 0 atom stereocenters. The summed E-state index contributed by atoms with van der Waals surface area (Å²) >= 11 is 2.29. The molecule has 3 aromatic rings. The van der Waals surface area contributed by atoms with Crippen molar-refractivity contribution in [2.45, 2.75) is 30.5 Å². The Morgan fingerprint density at radius 1 is 1.26 bits per heavy atom. The number of ether oxygens (including phenoxy) is 1. The normalized spacial score (nSPS) is 16.0. The van der Waals surface area contributed by atoms with Crippen LogP contribution >= 0.6 is 22.7 Å². The number of nitro benzene ring substituents is 1. The number of nitrogens with zero attached hydrogens (tertiary/aromatic N) is 4. The summed E-state index contributed by atoms with van der Waals surface area (Å²) in [4.78, 5) is 40.3. The fourth-order valence-corrected chi connectivity index (χ4v) is 7.44. The fourth-order valence-electron chi connectivity index (χ4n) is 3.81. The van der Waals surface area contributed by atoms with E-state index < -0.39 is 32.7 Å². The van der Waals surface area contributed by atoms with E-state index in [1.54, 1.807) is 30.5 Å². The lowest BCUT2D eigenvalue weighted by atomic mass is 9.98. The van der Waals surface area contributed by atoms with Gasteiger partial charge in [-0.2, -0.15) is 9.30 Å². The summed E-state index contributed by atoms with van der Waals surface area (Å²) in [5.74, 6) is -1.45. The Kier molecular flexibility index (Phi) is 7.44. The third-order valence-electron chi connectivity index (χ3n) is 5.57. The molecule has 1 aromatic carbocycles. The number of carbonyl (C=O) groups is 2. The first-order valence-corrected chi connectivity index (χ1v) is 13.9. The third-order valence-corrected chi connectivity index (χ3v) is 9.90. The largest absolute Gasteiger partial charge is 0.465 e. The van der Waals surface area contributed by atoms with E-state index in [9.17, 15) is 28.1 Å². The van der Waals surface area contributed by atoms with Crippen LogP contribution in [0.1, 0.15) is 19.8 Å². The molecule has 1 aliphatic rings. The minimum atomic E-state index is -3.58. The van der Waals surface area contributed by atoms with Crippen LogP contribution in [0.25, 0.3) is 10.2 Å². The Labute approximate surface area is 208 Å². The highest BCUT2D eigenvalue weighted by Crippen LogP contribution is 2.27. The van der Waals surface area contributed by atoms with Gasteiger partial charge in [-0.05, 0) is 37.3 Å². The first-order chi connectivity index (χ1) is 16.7. The monoisotopic (exact) mass is 538 g/mol. The van der Waals surface area contributed by atoms with E-state index in [1.165, 1.54) is 21.0 Å². The summed E-state index contributed by atoms with van der Waals surface area (Å²) in [6.45, 7) is 1.98. The third kappa shape index (κ3) is 5.34. The molecule has 0 spiro atoms. The van der Waals surface area contributed by atoms with Gasteiger partial charge in [0.25, 0.3) is 21.6 Å². The SMILES string of the molecule is CCOC(=O)Cn1c(=NC(=O)C2CCN(S(=O)(=O)c3cccs3)CC2)sc2ccc([N+](=O)[O-])cc21. The van der Waals surface area contributed by atoms with Crippen LogP contribution in [0.5, 0.6) is 0 Å². The van der Waals surface area contributed by atoms with Crippen LogP contribution in [-0.2, 0) is 30.9 Å². The molecule has 186 valence electrons. The highest BCUT2D eigenvalue weighted by atomic mass is 32.2. The highest BCUT2D eigenvalue weighted by molar-refractivity contribution is 7.91. The minimum absolute atomic E-state index is 0.148. The quantitative estimate of drug-likeness (QED) is 0.256. The van der Waals surface area contributed by atoms with Gasteiger partial charge >= 0.3 is 5.97 Å². The summed E-state index contributed by atoms with van der Waals surface area (Å²) in [5.41, 5.74) is 0.255. The molecule has 35 heavy (non-hydrogen) atoms. The number of amides is 1. The van der Waals surface area contributed by atoms with E-state index in [0.29, 0.717) is 23.1 Å². The number of thiophene rings is 1. The van der Waals surface area contributed by atoms with Crippen LogP contribution in [0.15, 0.2) is 44.9 Å². The number of fused-ring (bicyclic) bond motifs is 1. The molecular weight excluding hydrogens is 516 g/mol. The van der Waals surface area contributed by atoms with Gasteiger partial charge in [-0.15, -0.1) is 11.3 Å². The van der Waals surface area contributed by atoms with Crippen molar-refractivity contribution >= 4 is 60.5 Å². The average molecular weight is 539 g/mol. The zero-order valence-electron chi connectivity index (χ0n) is 18.7. The van der Waals surface area contributed by atoms with Gasteiger partial charge < -0.3 is 9.30 Å². The Balaban J connectivity index is 1.60. The Bertz CT molecular complexity index is 1430. The van der Waals surface area contributed by atoms with Crippen molar-refractivity contribution in [3.63, 3.8) is 0 Å². The molecule has 0 aliphatic carbocycles. The summed E-state index contributed by atoms with van der Waals surface area (Å²) in [6.07, 6.45) is 0.641. The first kappa shape index (κ1) is 25.2. The fraction of sp³-hybridized carbons (Fsp3) is 0.381. The topological polar surface area (TPSA) is 141 Å². The maximum atomic E-state index is 13.0. The number of hydrogen-bond acceptors (Lipinski definition) is 9. The number of nitro groups is 1. The van der Waals surface area contributed by atoms with Crippen molar-refractivity contribution in [3.8, 4) is 0 Å². The number of sulfonamides is 1. The molecule has 1 fully saturated rings. The van der Waals surface area contributed by atoms with Gasteiger partial charge in [0, 0.05) is 31.1 Å². The smallest absolute Gasteiger partial charge is 0.326 e. The predicted octanol–water partition coefficient (Wildman–Crippen LogP) is 2.76. The molecule has 0 unspecified atom stereocenters. The van der Waals surface area contributed by atoms with Gasteiger partial charge in [0.2, 0.25) is 0 Å². The van der Waals surface area contributed by atoms with Crippen molar-refractivity contribution < 1.29 is 27.7 Å². The zero-order chi connectivity index (χ0) is 25.2. The second kappa shape index (κ2) is 10.4. The number of non-ortho nitro benzene ring substituents is 1. The van der Waals surface area contributed by atoms with E-state index in [4.69, 9.17) is 4.74 Å². The molecule has 14 heteroatoms. The Morgan fingerprint density at radius 2 is 2.00 bits per heavy atom. The molecule has 1 aliphatic heterocycles. The molecule has 3 heterocycles. The van der Waals surface area contributed by atoms with Crippen molar-refractivity contribution in [3.05, 3.63) is 50.6 Å². The van der Waals surface area contributed by atoms with Gasteiger partial charge in [-0.1, -0.05) is 17.4 Å². The lowest BCUT2D eigenvalue weighted by Crippen LogP contribution is -2.40. The standard InChI is InChI=1S/C21H22N4O7S3/c1-2-32-18(26)13-24-16-12-15(25(28)29)5-6-17(16)34-21(24)22-20(27)14-7-9-23(10-8-14)35(30,31)19-4-3-11-33-19/h3-6,11-12,14H,2,7-10,13H2,1H3. The molecule has 0 radical (unpaired) electrons. The van der Waals surface area contributed by atoms with Gasteiger partial charge in [-0.25, -0.2) is 8.42 Å². The molecule has 1 amide bonds. The van der Waals surface area contributed by atoms with Crippen LogP contribution < -0.4 is 4.80 Å². The van der Waals surface area contributed by atoms with Crippen molar-refractivity contribution in [2.24, 2.45) is 10.9 Å². The number of piperidine rings is 1. The molecule has 4 rings (SSSR count). The number of hydrogen-bond donors (Lipinski definition) is 0. The lowest BCUT2D eigenvalue weighted by Gasteiger charge is -2.29. The highest BCUT2D eigenvalue weighted by Gasteiger charge is 2.32. The van der Waals surface area contributed by atoms with Gasteiger partial charge in [0.05, 0.1) is 21.7 Å². The van der Waals surface area contributed by atoms with Crippen LogP contribution in [0.4, 0.5) is 5.69 Å². The zero-order valence-corrected chi connectivity index (χ0v) is 21.1. The first-order valence-electron chi connectivity index (χ1n) is 10.8. The predicted molar refractivity (Wildman–Crippen MR) is 129 cm³/mol. The van der Waals surface area contributed by atoms with Crippen LogP contribution in [0.2, 0.25) is 0 Å².